The van der Waals surface area contributed by atoms with E-state index in [4.69, 9.17) is 0 Å². The highest BCUT2D eigenvalue weighted by Gasteiger charge is 2.10. The average molecular weight is 255 g/mol. The van der Waals surface area contributed by atoms with Crippen LogP contribution in [0.1, 0.15) is 30.1 Å². The Bertz CT molecular complexity index is 494. The largest absolute Gasteiger partial charge is 0.352 e. The molecule has 0 aliphatic carbocycles. The fourth-order valence-corrected chi connectivity index (χ4v) is 2.02. The van der Waals surface area contributed by atoms with Crippen molar-refractivity contribution in [1.82, 2.24) is 5.32 Å². The summed E-state index contributed by atoms with van der Waals surface area (Å²) >= 11 is 0. The second kappa shape index (κ2) is 5.82. The van der Waals surface area contributed by atoms with Gasteiger partial charge in [0.05, 0.1) is 4.90 Å². The van der Waals surface area contributed by atoms with E-state index < -0.39 is 9.84 Å². The highest BCUT2D eigenvalue weighted by Crippen LogP contribution is 2.11. The highest BCUT2D eigenvalue weighted by molar-refractivity contribution is 7.90. The lowest BCUT2D eigenvalue weighted by atomic mass is 10.2. The molecular formula is C12H17NO3S. The number of amides is 1. The van der Waals surface area contributed by atoms with Gasteiger partial charge in [0, 0.05) is 18.4 Å². The monoisotopic (exact) mass is 255 g/mol. The summed E-state index contributed by atoms with van der Waals surface area (Å²) in [5, 5.41) is 2.74. The minimum absolute atomic E-state index is 0.167. The van der Waals surface area contributed by atoms with E-state index in [0.717, 1.165) is 19.1 Å². The SMILES string of the molecule is CCCCNC(=O)c1cccc(S(C)(=O)=O)c1. The van der Waals surface area contributed by atoms with Crippen LogP contribution in [0.4, 0.5) is 0 Å². The Hall–Kier alpha value is -1.36. The number of nitrogens with one attached hydrogen (secondary N) is 1. The summed E-state index contributed by atoms with van der Waals surface area (Å²) < 4.78 is 22.7. The molecule has 0 aliphatic heterocycles. The fraction of sp³-hybridized carbons (Fsp3) is 0.417. The van der Waals surface area contributed by atoms with Gasteiger partial charge in [-0.25, -0.2) is 8.42 Å². The molecule has 0 spiro atoms. The molecule has 1 aromatic carbocycles. The van der Waals surface area contributed by atoms with E-state index in [1.807, 2.05) is 6.92 Å². The van der Waals surface area contributed by atoms with Crippen LogP contribution in [0.3, 0.4) is 0 Å². The summed E-state index contributed by atoms with van der Waals surface area (Å²) in [6.45, 7) is 2.65. The topological polar surface area (TPSA) is 63.2 Å². The zero-order valence-electron chi connectivity index (χ0n) is 10.1. The maximum absolute atomic E-state index is 11.7. The van der Waals surface area contributed by atoms with Crippen molar-refractivity contribution in [2.24, 2.45) is 0 Å². The summed E-state index contributed by atoms with van der Waals surface area (Å²) in [5.74, 6) is -0.232. The second-order valence-electron chi connectivity index (χ2n) is 3.91. The molecule has 4 nitrogen and oxygen atoms in total. The van der Waals surface area contributed by atoms with E-state index in [2.05, 4.69) is 5.32 Å². The van der Waals surface area contributed by atoms with Crippen LogP contribution in [-0.2, 0) is 9.84 Å². The van der Waals surface area contributed by atoms with Gasteiger partial charge in [-0.1, -0.05) is 19.4 Å². The Kier molecular flexibility index (Phi) is 4.69. The van der Waals surface area contributed by atoms with Crippen LogP contribution in [0.5, 0.6) is 0 Å². The first-order valence-corrected chi connectivity index (χ1v) is 7.42. The molecule has 1 aromatic rings. The summed E-state index contributed by atoms with van der Waals surface area (Å²) in [6.07, 6.45) is 3.04. The number of carbonyl (C=O) groups is 1. The number of sulfone groups is 1. The minimum atomic E-state index is -3.26. The first kappa shape index (κ1) is 13.7. The van der Waals surface area contributed by atoms with Gasteiger partial charge in [0.2, 0.25) is 0 Å². The van der Waals surface area contributed by atoms with Gasteiger partial charge in [-0.3, -0.25) is 4.79 Å². The lowest BCUT2D eigenvalue weighted by Crippen LogP contribution is -2.24. The first-order valence-electron chi connectivity index (χ1n) is 5.53. The third-order valence-corrected chi connectivity index (χ3v) is 3.45. The van der Waals surface area contributed by atoms with E-state index >= 15 is 0 Å². The molecule has 0 fully saturated rings. The van der Waals surface area contributed by atoms with Gasteiger partial charge < -0.3 is 5.32 Å². The molecule has 0 heterocycles. The van der Waals surface area contributed by atoms with Crippen molar-refractivity contribution < 1.29 is 13.2 Å². The third-order valence-electron chi connectivity index (χ3n) is 2.34. The number of benzene rings is 1. The Morgan fingerprint density at radius 3 is 2.65 bits per heavy atom. The van der Waals surface area contributed by atoms with Gasteiger partial charge in [-0.15, -0.1) is 0 Å². The van der Waals surface area contributed by atoms with E-state index in [1.54, 1.807) is 12.1 Å². The molecule has 1 rings (SSSR count). The molecule has 1 amide bonds. The molecular weight excluding hydrogens is 238 g/mol. The van der Waals surface area contributed by atoms with E-state index in [1.165, 1.54) is 12.1 Å². The predicted octanol–water partition coefficient (Wildman–Crippen LogP) is 1.62. The molecule has 0 atom stereocenters. The molecule has 0 saturated heterocycles. The van der Waals surface area contributed by atoms with Gasteiger partial charge >= 0.3 is 0 Å². The highest BCUT2D eigenvalue weighted by atomic mass is 32.2. The first-order chi connectivity index (χ1) is 7.95. The van der Waals surface area contributed by atoms with Crippen LogP contribution in [0, 0.1) is 0 Å². The third kappa shape index (κ3) is 4.19. The maximum Gasteiger partial charge on any atom is 0.251 e. The van der Waals surface area contributed by atoms with E-state index in [0.29, 0.717) is 12.1 Å². The van der Waals surface area contributed by atoms with Crippen molar-refractivity contribution in [3.63, 3.8) is 0 Å². The summed E-state index contributed by atoms with van der Waals surface area (Å²) in [7, 11) is -3.26. The molecule has 0 bridgehead atoms. The van der Waals surface area contributed by atoms with Crippen LogP contribution in [0.2, 0.25) is 0 Å². The molecule has 17 heavy (non-hydrogen) atoms. The molecule has 0 aliphatic rings. The Balaban J connectivity index is 2.82. The average Bonchev–Trinajstić information content (AvgIpc) is 2.28. The molecule has 0 aromatic heterocycles. The summed E-state index contributed by atoms with van der Waals surface area (Å²) in [4.78, 5) is 11.9. The van der Waals surface area contributed by atoms with Crippen molar-refractivity contribution in [3.8, 4) is 0 Å². The van der Waals surface area contributed by atoms with Crippen LogP contribution >= 0.6 is 0 Å². The van der Waals surface area contributed by atoms with Crippen LogP contribution < -0.4 is 5.32 Å². The number of rotatable bonds is 5. The fourth-order valence-electron chi connectivity index (χ4n) is 1.35. The molecule has 0 saturated carbocycles. The zero-order chi connectivity index (χ0) is 12.9. The smallest absolute Gasteiger partial charge is 0.251 e. The molecule has 1 N–H and O–H groups in total. The second-order valence-corrected chi connectivity index (χ2v) is 5.93. The van der Waals surface area contributed by atoms with Crippen molar-refractivity contribution in [1.29, 1.82) is 0 Å². The zero-order valence-corrected chi connectivity index (χ0v) is 10.9. The Morgan fingerprint density at radius 1 is 1.35 bits per heavy atom. The lowest BCUT2D eigenvalue weighted by molar-refractivity contribution is 0.0953. The van der Waals surface area contributed by atoms with Crippen molar-refractivity contribution in [2.45, 2.75) is 24.7 Å². The number of hydrogen-bond acceptors (Lipinski definition) is 3. The molecule has 94 valence electrons. The van der Waals surface area contributed by atoms with Crippen molar-refractivity contribution in [2.75, 3.05) is 12.8 Å². The molecule has 5 heteroatoms. The summed E-state index contributed by atoms with van der Waals surface area (Å²) in [6, 6.07) is 6.07. The Labute approximate surface area is 102 Å². The van der Waals surface area contributed by atoms with Crippen LogP contribution in [-0.4, -0.2) is 27.1 Å². The normalized spacial score (nSPS) is 11.2. The van der Waals surface area contributed by atoms with Gasteiger partial charge in [0.25, 0.3) is 5.91 Å². The molecule has 0 radical (unpaired) electrons. The van der Waals surface area contributed by atoms with Gasteiger partial charge in [0.1, 0.15) is 0 Å². The van der Waals surface area contributed by atoms with E-state index in [-0.39, 0.29) is 10.8 Å². The van der Waals surface area contributed by atoms with Crippen LogP contribution in [0.25, 0.3) is 0 Å². The minimum Gasteiger partial charge on any atom is -0.352 e. The van der Waals surface area contributed by atoms with Gasteiger partial charge in [-0.05, 0) is 24.6 Å². The van der Waals surface area contributed by atoms with Gasteiger partial charge in [-0.2, -0.15) is 0 Å². The molecule has 0 unspecified atom stereocenters. The predicted molar refractivity (Wildman–Crippen MR) is 66.8 cm³/mol. The maximum atomic E-state index is 11.7. The van der Waals surface area contributed by atoms with Crippen LogP contribution in [0.15, 0.2) is 29.2 Å². The number of unbranched alkanes of at least 4 members (excludes halogenated alkanes) is 1. The van der Waals surface area contributed by atoms with E-state index in [9.17, 15) is 13.2 Å². The number of carbonyl (C=O) groups excluding carboxylic acids is 1. The summed E-state index contributed by atoms with van der Waals surface area (Å²) in [5.41, 5.74) is 0.379. The number of hydrogen-bond donors (Lipinski definition) is 1. The van der Waals surface area contributed by atoms with Crippen molar-refractivity contribution >= 4 is 15.7 Å². The van der Waals surface area contributed by atoms with Crippen molar-refractivity contribution in [3.05, 3.63) is 29.8 Å². The quantitative estimate of drug-likeness (QED) is 0.813. The lowest BCUT2D eigenvalue weighted by Gasteiger charge is -2.05. The standard InChI is InChI=1S/C12H17NO3S/c1-3-4-8-13-12(14)10-6-5-7-11(9-10)17(2,15)16/h5-7,9H,3-4,8H2,1-2H3,(H,13,14). The Morgan fingerprint density at radius 2 is 2.06 bits per heavy atom. The van der Waals surface area contributed by atoms with Gasteiger partial charge in [0.15, 0.2) is 9.84 Å².